The van der Waals surface area contributed by atoms with Crippen LogP contribution in [0.1, 0.15) is 27.1 Å². The maximum Gasteiger partial charge on any atom is 0.338 e. The van der Waals surface area contributed by atoms with E-state index in [0.717, 1.165) is 0 Å². The molecule has 2 aromatic rings. The van der Waals surface area contributed by atoms with Gasteiger partial charge in [0.25, 0.3) is 11.8 Å². The Labute approximate surface area is 159 Å². The molecule has 4 rings (SSSR count). The van der Waals surface area contributed by atoms with Crippen LogP contribution in [0.25, 0.3) is 0 Å². The van der Waals surface area contributed by atoms with Crippen molar-refractivity contribution in [3.63, 3.8) is 0 Å². The summed E-state index contributed by atoms with van der Waals surface area (Å²) in [7, 11) is 0. The number of hydrogen-bond donors (Lipinski definition) is 0. The highest BCUT2D eigenvalue weighted by atomic mass is 35.5. The van der Waals surface area contributed by atoms with Crippen LogP contribution in [0.4, 0.5) is 5.69 Å². The van der Waals surface area contributed by atoms with Gasteiger partial charge in [0, 0.05) is 13.0 Å². The van der Waals surface area contributed by atoms with E-state index >= 15 is 0 Å². The summed E-state index contributed by atoms with van der Waals surface area (Å²) in [6.45, 7) is 0.0601. The predicted octanol–water partition coefficient (Wildman–Crippen LogP) is 2.45. The monoisotopic (exact) mass is 384 g/mol. The molecule has 0 bridgehead atoms. The van der Waals surface area contributed by atoms with Crippen molar-refractivity contribution in [1.82, 2.24) is 5.06 Å². The highest BCUT2D eigenvalue weighted by Crippen LogP contribution is 2.32. The van der Waals surface area contributed by atoms with Gasteiger partial charge in [-0.25, -0.2) is 4.79 Å². The smallest absolute Gasteiger partial charge is 0.329 e. The van der Waals surface area contributed by atoms with Crippen molar-refractivity contribution >= 4 is 41.0 Å². The van der Waals surface area contributed by atoms with E-state index in [1.807, 2.05) is 0 Å². The summed E-state index contributed by atoms with van der Waals surface area (Å²) in [6, 6.07) is 13.0. The fourth-order valence-corrected chi connectivity index (χ4v) is 3.42. The van der Waals surface area contributed by atoms with E-state index < -0.39 is 23.7 Å². The number of rotatable bonds is 3. The fourth-order valence-electron chi connectivity index (χ4n) is 3.18. The van der Waals surface area contributed by atoms with Crippen LogP contribution < -0.4 is 4.90 Å². The lowest BCUT2D eigenvalue weighted by Crippen LogP contribution is -2.36. The van der Waals surface area contributed by atoms with Crippen LogP contribution in [0.15, 0.2) is 48.5 Å². The molecule has 27 heavy (non-hydrogen) atoms. The number of nitrogens with zero attached hydrogens (tertiary/aromatic N) is 2. The quantitative estimate of drug-likeness (QED) is 0.759. The molecule has 0 spiro atoms. The molecular formula is C19H13ClN2O5. The highest BCUT2D eigenvalue weighted by Gasteiger charge is 2.42. The standard InChI is InChI=1S/C19H13ClN2O5/c20-14-7-3-4-8-15(14)21-10-11(9-16(21)23)19(26)27-22-17(24)12-5-1-2-6-13(12)18(22)25/h1-8,11H,9-10H2. The summed E-state index contributed by atoms with van der Waals surface area (Å²) in [5, 5.41) is 0.843. The fraction of sp³-hybridized carbons (Fsp3) is 0.158. The van der Waals surface area contributed by atoms with Crippen LogP contribution in [0.3, 0.4) is 0 Å². The molecule has 8 heteroatoms. The van der Waals surface area contributed by atoms with Gasteiger partial charge in [0.15, 0.2) is 0 Å². The molecule has 0 radical (unpaired) electrons. The molecule has 2 aromatic carbocycles. The molecule has 2 aliphatic heterocycles. The third kappa shape index (κ3) is 2.86. The number of amides is 3. The zero-order valence-electron chi connectivity index (χ0n) is 13.9. The Morgan fingerprint density at radius 3 is 2.19 bits per heavy atom. The molecule has 0 aliphatic carbocycles. The number of anilines is 1. The average Bonchev–Trinajstić information content (AvgIpc) is 3.16. The van der Waals surface area contributed by atoms with Gasteiger partial charge in [0.2, 0.25) is 5.91 Å². The Balaban J connectivity index is 1.49. The van der Waals surface area contributed by atoms with Crippen molar-refractivity contribution < 1.29 is 24.0 Å². The summed E-state index contributed by atoms with van der Waals surface area (Å²) in [4.78, 5) is 55.8. The van der Waals surface area contributed by atoms with Gasteiger partial charge in [-0.15, -0.1) is 0 Å². The van der Waals surface area contributed by atoms with Crippen molar-refractivity contribution in [1.29, 1.82) is 0 Å². The van der Waals surface area contributed by atoms with Crippen LogP contribution in [-0.2, 0) is 14.4 Å². The minimum atomic E-state index is -0.813. The zero-order valence-corrected chi connectivity index (χ0v) is 14.7. The molecule has 2 aliphatic rings. The van der Waals surface area contributed by atoms with Crippen LogP contribution >= 0.6 is 11.6 Å². The maximum atomic E-state index is 12.5. The van der Waals surface area contributed by atoms with E-state index in [2.05, 4.69) is 0 Å². The first-order valence-corrected chi connectivity index (χ1v) is 8.59. The number of hydroxylamine groups is 2. The van der Waals surface area contributed by atoms with Gasteiger partial charge in [-0.05, 0) is 24.3 Å². The summed E-state index contributed by atoms with van der Waals surface area (Å²) >= 11 is 6.12. The van der Waals surface area contributed by atoms with Gasteiger partial charge in [-0.2, -0.15) is 0 Å². The summed E-state index contributed by atoms with van der Waals surface area (Å²) in [6.07, 6.45) is -0.0901. The van der Waals surface area contributed by atoms with E-state index in [4.69, 9.17) is 16.4 Å². The first-order chi connectivity index (χ1) is 13.0. The Bertz CT molecular complexity index is 955. The molecule has 7 nitrogen and oxygen atoms in total. The predicted molar refractivity (Wildman–Crippen MR) is 94.9 cm³/mol. The molecule has 3 amide bonds. The molecule has 2 heterocycles. The Morgan fingerprint density at radius 2 is 1.56 bits per heavy atom. The summed E-state index contributed by atoms with van der Waals surface area (Å²) in [5.74, 6) is -3.30. The largest absolute Gasteiger partial charge is 0.338 e. The minimum absolute atomic E-state index is 0.0601. The average molecular weight is 385 g/mol. The Hall–Kier alpha value is -3.19. The van der Waals surface area contributed by atoms with E-state index in [1.54, 1.807) is 36.4 Å². The van der Waals surface area contributed by atoms with Gasteiger partial charge >= 0.3 is 5.97 Å². The van der Waals surface area contributed by atoms with E-state index in [9.17, 15) is 19.2 Å². The second-order valence-corrected chi connectivity index (χ2v) is 6.62. The second-order valence-electron chi connectivity index (χ2n) is 6.22. The molecule has 0 N–H and O–H groups in total. The van der Waals surface area contributed by atoms with Gasteiger partial charge < -0.3 is 9.74 Å². The van der Waals surface area contributed by atoms with Crippen LogP contribution in [0.5, 0.6) is 0 Å². The Morgan fingerprint density at radius 1 is 0.963 bits per heavy atom. The van der Waals surface area contributed by atoms with Crippen molar-refractivity contribution in [2.24, 2.45) is 5.92 Å². The van der Waals surface area contributed by atoms with Crippen molar-refractivity contribution in [2.45, 2.75) is 6.42 Å². The van der Waals surface area contributed by atoms with Crippen LogP contribution in [0, 0.1) is 5.92 Å². The highest BCUT2D eigenvalue weighted by molar-refractivity contribution is 6.33. The molecule has 1 atom stereocenters. The van der Waals surface area contributed by atoms with E-state index in [0.29, 0.717) is 15.8 Å². The molecule has 136 valence electrons. The molecule has 0 aromatic heterocycles. The number of benzene rings is 2. The summed E-state index contributed by atoms with van der Waals surface area (Å²) < 4.78 is 0. The van der Waals surface area contributed by atoms with Crippen LogP contribution in [-0.4, -0.2) is 35.3 Å². The number of fused-ring (bicyclic) bond motifs is 1. The van der Waals surface area contributed by atoms with Gasteiger partial charge in [-0.3, -0.25) is 14.4 Å². The first kappa shape index (κ1) is 17.2. The third-order valence-electron chi connectivity index (χ3n) is 4.54. The van der Waals surface area contributed by atoms with Gasteiger partial charge in [-0.1, -0.05) is 40.9 Å². The minimum Gasteiger partial charge on any atom is -0.329 e. The SMILES string of the molecule is O=C(ON1C(=O)c2ccccc2C1=O)C1CC(=O)N(c2ccccc2Cl)C1. The maximum absolute atomic E-state index is 12.5. The zero-order chi connectivity index (χ0) is 19.1. The molecular weight excluding hydrogens is 372 g/mol. The van der Waals surface area contributed by atoms with Crippen molar-refractivity contribution in [3.05, 3.63) is 64.7 Å². The molecule has 1 fully saturated rings. The lowest BCUT2D eigenvalue weighted by Gasteiger charge is -2.18. The van der Waals surface area contributed by atoms with Crippen LogP contribution in [0.2, 0.25) is 5.02 Å². The summed E-state index contributed by atoms with van der Waals surface area (Å²) in [5.41, 5.74) is 0.853. The number of carbonyl (C=O) groups excluding carboxylic acids is 4. The van der Waals surface area contributed by atoms with Crippen molar-refractivity contribution in [3.8, 4) is 0 Å². The Kier molecular flexibility index (Phi) is 4.16. The second kappa shape index (κ2) is 6.51. The third-order valence-corrected chi connectivity index (χ3v) is 4.86. The number of carbonyl (C=O) groups is 4. The number of hydrogen-bond acceptors (Lipinski definition) is 5. The molecule has 1 saturated heterocycles. The molecule has 1 unspecified atom stereocenters. The number of halogens is 1. The van der Waals surface area contributed by atoms with Gasteiger partial charge in [0.1, 0.15) is 0 Å². The lowest BCUT2D eigenvalue weighted by molar-refractivity contribution is -0.173. The normalized spacial score (nSPS) is 18.9. The molecule has 0 saturated carbocycles. The first-order valence-electron chi connectivity index (χ1n) is 8.22. The number of imide groups is 1. The van der Waals surface area contributed by atoms with Gasteiger partial charge in [0.05, 0.1) is 27.8 Å². The van der Waals surface area contributed by atoms with Crippen molar-refractivity contribution in [2.75, 3.05) is 11.4 Å². The van der Waals surface area contributed by atoms with E-state index in [-0.39, 0.29) is 30.0 Å². The number of para-hydroxylation sites is 1. The lowest BCUT2D eigenvalue weighted by atomic mass is 10.1. The van der Waals surface area contributed by atoms with E-state index in [1.165, 1.54) is 17.0 Å². The topological polar surface area (TPSA) is 84.0 Å².